The van der Waals surface area contributed by atoms with E-state index in [1.165, 1.54) is 24.5 Å². The first-order valence-electron chi connectivity index (χ1n) is 5.98. The number of hydrogen-bond acceptors (Lipinski definition) is 5. The summed E-state index contributed by atoms with van der Waals surface area (Å²) in [6, 6.07) is 8.98. The third-order valence-corrected chi connectivity index (χ3v) is 2.70. The molecule has 2 N–H and O–H groups in total. The molecule has 106 valence electrons. The number of rotatable bonds is 5. The molecule has 1 aromatic carbocycles. The highest BCUT2D eigenvalue weighted by atomic mass is 16.6. The molecule has 1 heterocycles. The van der Waals surface area contributed by atoms with Gasteiger partial charge in [0.15, 0.2) is 0 Å². The zero-order valence-electron chi connectivity index (χ0n) is 10.9. The summed E-state index contributed by atoms with van der Waals surface area (Å²) < 4.78 is 0. The van der Waals surface area contributed by atoms with Gasteiger partial charge in [0.25, 0.3) is 11.6 Å². The number of benzene rings is 1. The van der Waals surface area contributed by atoms with Gasteiger partial charge in [-0.15, -0.1) is 0 Å². The number of nitrogens with one attached hydrogen (secondary N) is 2. The van der Waals surface area contributed by atoms with Crippen molar-refractivity contribution in [1.29, 1.82) is 0 Å². The number of hydrazine groups is 1. The van der Waals surface area contributed by atoms with Crippen molar-refractivity contribution in [1.82, 2.24) is 15.8 Å². The number of aromatic nitrogens is 1. The molecule has 1 aromatic heterocycles. The van der Waals surface area contributed by atoms with Crippen LogP contribution in [-0.2, 0) is 0 Å². The Labute approximate surface area is 120 Å². The van der Waals surface area contributed by atoms with E-state index in [1.807, 2.05) is 0 Å². The molecule has 0 saturated carbocycles. The minimum Gasteiger partial charge on any atom is -0.298 e. The summed E-state index contributed by atoms with van der Waals surface area (Å²) in [6.07, 6.45) is 3.03. The first kappa shape index (κ1) is 14.2. The summed E-state index contributed by atoms with van der Waals surface area (Å²) in [5, 5.41) is 10.6. The Balaban J connectivity index is 1.96. The van der Waals surface area contributed by atoms with Crippen molar-refractivity contribution in [2.45, 2.75) is 0 Å². The van der Waals surface area contributed by atoms with Crippen molar-refractivity contribution in [3.63, 3.8) is 0 Å². The summed E-state index contributed by atoms with van der Waals surface area (Å²) >= 11 is 0. The lowest BCUT2D eigenvalue weighted by Crippen LogP contribution is -2.35. The molecule has 0 atom stereocenters. The lowest BCUT2D eigenvalue weighted by atomic mass is 10.1. The highest BCUT2D eigenvalue weighted by Crippen LogP contribution is 2.15. The Morgan fingerprint density at radius 1 is 1.05 bits per heavy atom. The van der Waals surface area contributed by atoms with Crippen LogP contribution in [0.2, 0.25) is 0 Å². The van der Waals surface area contributed by atoms with Gasteiger partial charge in [0.05, 0.1) is 10.6 Å². The van der Waals surface area contributed by atoms with E-state index in [9.17, 15) is 14.9 Å². The Kier molecular flexibility index (Phi) is 4.25. The molecule has 0 spiro atoms. The van der Waals surface area contributed by atoms with Crippen molar-refractivity contribution in [2.75, 3.05) is 0 Å². The number of amides is 1. The fraction of sp³-hybridized carbons (Fsp3) is 0. The van der Waals surface area contributed by atoms with Crippen LogP contribution in [0.15, 0.2) is 55.4 Å². The number of hydrogen-bond donors (Lipinski definition) is 2. The number of carbonyl (C=O) groups excluding carboxylic acids is 1. The quantitative estimate of drug-likeness (QED) is 0.645. The third-order valence-electron chi connectivity index (χ3n) is 2.70. The van der Waals surface area contributed by atoms with Crippen molar-refractivity contribution < 1.29 is 9.72 Å². The second-order valence-electron chi connectivity index (χ2n) is 4.10. The van der Waals surface area contributed by atoms with Crippen LogP contribution in [0.25, 0.3) is 5.70 Å². The minimum absolute atomic E-state index is 0.00706. The van der Waals surface area contributed by atoms with E-state index in [2.05, 4.69) is 22.4 Å². The maximum absolute atomic E-state index is 11.8. The average Bonchev–Trinajstić information content (AvgIpc) is 2.53. The topological polar surface area (TPSA) is 97.2 Å². The molecule has 1 amide bonds. The van der Waals surface area contributed by atoms with Crippen molar-refractivity contribution >= 4 is 17.3 Å². The molecule has 2 aromatic rings. The number of nitrogens with zero attached hydrogens (tertiary/aromatic N) is 2. The minimum atomic E-state index is -0.481. The van der Waals surface area contributed by atoms with Gasteiger partial charge < -0.3 is 0 Å². The maximum Gasteiger partial charge on any atom is 0.269 e. The largest absolute Gasteiger partial charge is 0.298 e. The number of pyridine rings is 1. The van der Waals surface area contributed by atoms with Crippen LogP contribution < -0.4 is 10.9 Å². The molecule has 0 saturated heterocycles. The molecular formula is C14H12N4O3. The van der Waals surface area contributed by atoms with Crippen LogP contribution in [0.3, 0.4) is 0 Å². The molecule has 21 heavy (non-hydrogen) atoms. The lowest BCUT2D eigenvalue weighted by molar-refractivity contribution is -0.384. The summed E-state index contributed by atoms with van der Waals surface area (Å²) in [7, 11) is 0. The first-order chi connectivity index (χ1) is 10.1. The van der Waals surface area contributed by atoms with E-state index in [1.54, 1.807) is 24.3 Å². The van der Waals surface area contributed by atoms with Gasteiger partial charge in [-0.1, -0.05) is 6.58 Å². The van der Waals surface area contributed by atoms with Gasteiger partial charge in [-0.05, 0) is 29.8 Å². The van der Waals surface area contributed by atoms with E-state index >= 15 is 0 Å². The summed E-state index contributed by atoms with van der Waals surface area (Å²) in [4.78, 5) is 25.7. The van der Waals surface area contributed by atoms with Gasteiger partial charge in [0.1, 0.15) is 0 Å². The van der Waals surface area contributed by atoms with Crippen molar-refractivity contribution in [3.05, 3.63) is 76.6 Å². The van der Waals surface area contributed by atoms with Gasteiger partial charge in [-0.2, -0.15) is 0 Å². The molecular weight excluding hydrogens is 272 g/mol. The molecule has 7 nitrogen and oxygen atoms in total. The predicted molar refractivity (Wildman–Crippen MR) is 77.0 cm³/mol. The van der Waals surface area contributed by atoms with Crippen molar-refractivity contribution in [2.24, 2.45) is 0 Å². The van der Waals surface area contributed by atoms with E-state index in [0.717, 1.165) is 0 Å². The average molecular weight is 284 g/mol. The van der Waals surface area contributed by atoms with Crippen LogP contribution >= 0.6 is 0 Å². The van der Waals surface area contributed by atoms with E-state index < -0.39 is 4.92 Å². The summed E-state index contributed by atoms with van der Waals surface area (Å²) in [5.41, 5.74) is 6.65. The van der Waals surface area contributed by atoms with Crippen LogP contribution in [0.1, 0.15) is 15.9 Å². The van der Waals surface area contributed by atoms with E-state index in [-0.39, 0.29) is 11.6 Å². The van der Waals surface area contributed by atoms with Crippen LogP contribution in [0, 0.1) is 10.1 Å². The Bertz CT molecular complexity index is 668. The second-order valence-corrected chi connectivity index (χ2v) is 4.10. The Morgan fingerprint density at radius 2 is 1.67 bits per heavy atom. The van der Waals surface area contributed by atoms with Gasteiger partial charge in [0, 0.05) is 30.1 Å². The van der Waals surface area contributed by atoms with Crippen LogP contribution in [0.4, 0.5) is 5.69 Å². The third kappa shape index (κ3) is 3.63. The summed E-state index contributed by atoms with van der Waals surface area (Å²) in [5.74, 6) is -0.333. The van der Waals surface area contributed by atoms with Crippen LogP contribution in [-0.4, -0.2) is 15.8 Å². The summed E-state index contributed by atoms with van der Waals surface area (Å²) in [6.45, 7) is 3.76. The predicted octanol–water partition coefficient (Wildman–Crippen LogP) is 1.90. The Hall–Kier alpha value is -3.22. The highest BCUT2D eigenvalue weighted by molar-refractivity contribution is 5.94. The van der Waals surface area contributed by atoms with Crippen LogP contribution in [0.5, 0.6) is 0 Å². The number of carbonyl (C=O) groups is 1. The number of nitro benzene ring substituents is 1. The van der Waals surface area contributed by atoms with Gasteiger partial charge in [-0.3, -0.25) is 30.7 Å². The SMILES string of the molecule is C=C(NNC(=O)c1ccncc1)c1ccc([N+](=O)[O-])cc1. The zero-order chi connectivity index (χ0) is 15.2. The van der Waals surface area contributed by atoms with E-state index in [4.69, 9.17) is 0 Å². The fourth-order valence-electron chi connectivity index (χ4n) is 1.56. The highest BCUT2D eigenvalue weighted by Gasteiger charge is 2.07. The molecule has 7 heteroatoms. The normalized spacial score (nSPS) is 9.71. The molecule has 0 radical (unpaired) electrons. The molecule has 0 aliphatic heterocycles. The van der Waals surface area contributed by atoms with Crippen molar-refractivity contribution in [3.8, 4) is 0 Å². The first-order valence-corrected chi connectivity index (χ1v) is 5.98. The zero-order valence-corrected chi connectivity index (χ0v) is 10.9. The molecule has 0 unspecified atom stereocenters. The maximum atomic E-state index is 11.8. The fourth-order valence-corrected chi connectivity index (χ4v) is 1.56. The molecule has 0 aliphatic rings. The monoisotopic (exact) mass is 284 g/mol. The smallest absolute Gasteiger partial charge is 0.269 e. The van der Waals surface area contributed by atoms with Gasteiger partial charge in [0.2, 0.25) is 0 Å². The van der Waals surface area contributed by atoms with Gasteiger partial charge >= 0.3 is 0 Å². The van der Waals surface area contributed by atoms with E-state index in [0.29, 0.717) is 16.8 Å². The molecule has 0 fully saturated rings. The second kappa shape index (κ2) is 6.29. The number of non-ortho nitro benzene ring substituents is 1. The lowest BCUT2D eigenvalue weighted by Gasteiger charge is -2.11. The molecule has 0 bridgehead atoms. The number of nitro groups is 1. The standard InChI is InChI=1S/C14H12N4O3/c1-10(11-2-4-13(5-3-11)18(20)21)16-17-14(19)12-6-8-15-9-7-12/h2-9,16H,1H2,(H,17,19). The molecule has 0 aliphatic carbocycles. The molecule has 2 rings (SSSR count). The Morgan fingerprint density at radius 3 is 2.24 bits per heavy atom. The van der Waals surface area contributed by atoms with Gasteiger partial charge in [-0.25, -0.2) is 0 Å².